The summed E-state index contributed by atoms with van der Waals surface area (Å²) in [6, 6.07) is 8.48. The first-order valence-corrected chi connectivity index (χ1v) is 9.59. The molecule has 0 saturated heterocycles. The van der Waals surface area contributed by atoms with E-state index in [4.69, 9.17) is 0 Å². The molecule has 1 amide bonds. The molecule has 0 spiro atoms. The number of aryl methyl sites for hydroxylation is 2. The first-order chi connectivity index (χ1) is 13.2. The maximum atomic E-state index is 13.0. The van der Waals surface area contributed by atoms with E-state index in [-0.39, 0.29) is 36.6 Å². The predicted molar refractivity (Wildman–Crippen MR) is 109 cm³/mol. The third-order valence-corrected chi connectivity index (χ3v) is 4.69. The maximum Gasteiger partial charge on any atom is 0.234 e. The molecule has 5 nitrogen and oxygen atoms in total. The van der Waals surface area contributed by atoms with Crippen LogP contribution in [0.1, 0.15) is 41.2 Å². The fourth-order valence-corrected chi connectivity index (χ4v) is 3.32. The van der Waals surface area contributed by atoms with Crippen LogP contribution >= 0.6 is 0 Å². The van der Waals surface area contributed by atoms with E-state index in [1.54, 1.807) is 24.1 Å². The van der Waals surface area contributed by atoms with E-state index in [9.17, 15) is 14.0 Å². The van der Waals surface area contributed by atoms with Gasteiger partial charge in [0.2, 0.25) is 5.91 Å². The zero-order chi connectivity index (χ0) is 20.8. The van der Waals surface area contributed by atoms with Crippen molar-refractivity contribution in [3.8, 4) is 0 Å². The van der Waals surface area contributed by atoms with Crippen LogP contribution in [-0.2, 0) is 17.8 Å². The monoisotopic (exact) mass is 387 g/mol. The molecule has 0 aliphatic rings. The van der Waals surface area contributed by atoms with Gasteiger partial charge in [0, 0.05) is 29.5 Å². The number of hydrogen-bond acceptors (Lipinski definition) is 3. The van der Waals surface area contributed by atoms with Gasteiger partial charge in [0.05, 0.1) is 13.1 Å². The highest BCUT2D eigenvalue weighted by atomic mass is 19.1. The number of likely N-dealkylation sites (N-methyl/N-ethyl adjacent to an activating group) is 1. The van der Waals surface area contributed by atoms with Crippen LogP contribution in [0.15, 0.2) is 30.3 Å². The van der Waals surface area contributed by atoms with Crippen LogP contribution < -0.4 is 5.32 Å². The smallest absolute Gasteiger partial charge is 0.234 e. The molecule has 152 valence electrons. The normalized spacial score (nSPS) is 11.3. The van der Waals surface area contributed by atoms with E-state index in [1.165, 1.54) is 12.1 Å². The van der Waals surface area contributed by atoms with E-state index >= 15 is 0 Å². The second-order valence-corrected chi connectivity index (χ2v) is 7.63. The minimum Gasteiger partial charge on any atom is -0.353 e. The number of aromatic nitrogens is 1. The van der Waals surface area contributed by atoms with Gasteiger partial charge in [0.25, 0.3) is 0 Å². The average Bonchev–Trinajstić information content (AvgIpc) is 2.88. The number of nitrogens with one attached hydrogen (secondary N) is 1. The van der Waals surface area contributed by atoms with Gasteiger partial charge in [-0.15, -0.1) is 0 Å². The Morgan fingerprint density at radius 1 is 1.14 bits per heavy atom. The summed E-state index contributed by atoms with van der Waals surface area (Å²) in [5.74, 6) is -0.327. The van der Waals surface area contributed by atoms with E-state index in [2.05, 4.69) is 9.88 Å². The number of ketones is 1. The van der Waals surface area contributed by atoms with Gasteiger partial charge >= 0.3 is 0 Å². The van der Waals surface area contributed by atoms with Crippen molar-refractivity contribution in [2.24, 2.45) is 0 Å². The summed E-state index contributed by atoms with van der Waals surface area (Å²) in [5, 5.41) is 2.83. The lowest BCUT2D eigenvalue weighted by Gasteiger charge is -2.17. The first kappa shape index (κ1) is 21.8. The Labute approximate surface area is 166 Å². The molecule has 1 aromatic heterocycles. The van der Waals surface area contributed by atoms with Gasteiger partial charge in [-0.3, -0.25) is 14.5 Å². The minimum atomic E-state index is -0.240. The molecule has 0 atom stereocenters. The molecular weight excluding hydrogens is 357 g/mol. The molecule has 1 aromatic carbocycles. The van der Waals surface area contributed by atoms with Crippen LogP contribution in [0.3, 0.4) is 0 Å². The van der Waals surface area contributed by atoms with Crippen LogP contribution in [-0.4, -0.2) is 47.3 Å². The summed E-state index contributed by atoms with van der Waals surface area (Å²) in [4.78, 5) is 26.3. The maximum absolute atomic E-state index is 13.0. The number of carbonyl (C=O) groups excluding carboxylic acids is 2. The van der Waals surface area contributed by atoms with E-state index < -0.39 is 0 Å². The summed E-state index contributed by atoms with van der Waals surface area (Å²) >= 11 is 0. The Morgan fingerprint density at radius 2 is 1.79 bits per heavy atom. The number of rotatable bonds is 9. The van der Waals surface area contributed by atoms with Crippen molar-refractivity contribution in [2.45, 2.75) is 46.7 Å². The zero-order valence-electron chi connectivity index (χ0n) is 17.4. The van der Waals surface area contributed by atoms with Gasteiger partial charge in [-0.1, -0.05) is 12.1 Å². The van der Waals surface area contributed by atoms with Crippen molar-refractivity contribution in [1.82, 2.24) is 14.8 Å². The first-order valence-electron chi connectivity index (χ1n) is 9.59. The quantitative estimate of drug-likeness (QED) is 0.673. The van der Waals surface area contributed by atoms with Crippen molar-refractivity contribution in [3.05, 3.63) is 58.7 Å². The zero-order valence-corrected chi connectivity index (χ0v) is 17.4. The fraction of sp³-hybridized carbons (Fsp3) is 0.455. The van der Waals surface area contributed by atoms with Crippen LogP contribution in [0.2, 0.25) is 0 Å². The third-order valence-electron chi connectivity index (χ3n) is 4.69. The molecule has 0 aliphatic heterocycles. The SMILES string of the molecule is Cc1cc(C(=O)CN(C)CC(=O)NC(C)C)c(C)n1CCc1ccc(F)cc1. The van der Waals surface area contributed by atoms with Crippen molar-refractivity contribution in [2.75, 3.05) is 20.1 Å². The number of hydrogen-bond donors (Lipinski definition) is 1. The number of nitrogens with zero attached hydrogens (tertiary/aromatic N) is 2. The Bertz CT molecular complexity index is 825. The van der Waals surface area contributed by atoms with Crippen LogP contribution in [0, 0.1) is 19.7 Å². The standard InChI is InChI=1S/C22H30FN3O2/c1-15(2)24-22(28)14-25(5)13-21(27)20-12-16(3)26(17(20)4)11-10-18-6-8-19(23)9-7-18/h6-9,12,15H,10-11,13-14H2,1-5H3,(H,24,28). The van der Waals surface area contributed by atoms with Gasteiger partial charge < -0.3 is 9.88 Å². The second kappa shape index (κ2) is 9.64. The van der Waals surface area contributed by atoms with E-state index in [0.29, 0.717) is 5.56 Å². The van der Waals surface area contributed by atoms with E-state index in [1.807, 2.05) is 33.8 Å². The van der Waals surface area contributed by atoms with E-state index in [0.717, 1.165) is 29.9 Å². The molecule has 0 fully saturated rings. The van der Waals surface area contributed by atoms with Gasteiger partial charge in [0.15, 0.2) is 5.78 Å². The van der Waals surface area contributed by atoms with Gasteiger partial charge in [-0.2, -0.15) is 0 Å². The lowest BCUT2D eigenvalue weighted by Crippen LogP contribution is -2.40. The molecule has 2 aromatic rings. The number of amides is 1. The Balaban J connectivity index is 2.00. The Hall–Kier alpha value is -2.47. The molecule has 0 saturated carbocycles. The number of benzene rings is 1. The Morgan fingerprint density at radius 3 is 2.39 bits per heavy atom. The van der Waals surface area contributed by atoms with Crippen LogP contribution in [0.4, 0.5) is 4.39 Å². The van der Waals surface area contributed by atoms with Gasteiger partial charge in [0.1, 0.15) is 5.82 Å². The van der Waals surface area contributed by atoms with Crippen molar-refractivity contribution in [1.29, 1.82) is 0 Å². The molecule has 0 bridgehead atoms. The molecule has 2 rings (SSSR count). The third kappa shape index (κ3) is 6.02. The summed E-state index contributed by atoms with van der Waals surface area (Å²) in [5.41, 5.74) is 3.68. The molecule has 0 unspecified atom stereocenters. The summed E-state index contributed by atoms with van der Waals surface area (Å²) in [6.07, 6.45) is 0.763. The number of halogens is 1. The van der Waals surface area contributed by atoms with Gasteiger partial charge in [-0.05, 0) is 64.9 Å². The summed E-state index contributed by atoms with van der Waals surface area (Å²) in [6.45, 7) is 8.84. The average molecular weight is 387 g/mol. The highest BCUT2D eigenvalue weighted by Crippen LogP contribution is 2.17. The highest BCUT2D eigenvalue weighted by molar-refractivity contribution is 5.99. The molecule has 28 heavy (non-hydrogen) atoms. The molecule has 0 aliphatic carbocycles. The Kier molecular flexibility index (Phi) is 7.52. The molecule has 1 heterocycles. The molecule has 6 heteroatoms. The number of carbonyl (C=O) groups is 2. The minimum absolute atomic E-state index is 0.000907. The van der Waals surface area contributed by atoms with Crippen molar-refractivity contribution < 1.29 is 14.0 Å². The van der Waals surface area contributed by atoms with Crippen molar-refractivity contribution in [3.63, 3.8) is 0 Å². The largest absolute Gasteiger partial charge is 0.353 e. The number of Topliss-reactive ketones (excluding diaryl/α,β-unsaturated/α-hetero) is 1. The molecule has 0 radical (unpaired) electrons. The van der Waals surface area contributed by atoms with Crippen LogP contribution in [0.5, 0.6) is 0 Å². The van der Waals surface area contributed by atoms with Crippen molar-refractivity contribution >= 4 is 11.7 Å². The lowest BCUT2D eigenvalue weighted by molar-refractivity contribution is -0.122. The topological polar surface area (TPSA) is 54.3 Å². The second-order valence-electron chi connectivity index (χ2n) is 7.63. The fourth-order valence-electron chi connectivity index (χ4n) is 3.32. The summed E-state index contributed by atoms with van der Waals surface area (Å²) in [7, 11) is 1.77. The van der Waals surface area contributed by atoms with Crippen LogP contribution in [0.25, 0.3) is 0 Å². The predicted octanol–water partition coefficient (Wildman–Crippen LogP) is 3.13. The highest BCUT2D eigenvalue weighted by Gasteiger charge is 2.18. The van der Waals surface area contributed by atoms with Gasteiger partial charge in [-0.25, -0.2) is 4.39 Å². The lowest BCUT2D eigenvalue weighted by atomic mass is 10.1. The summed E-state index contributed by atoms with van der Waals surface area (Å²) < 4.78 is 15.2. The molecule has 1 N–H and O–H groups in total. The molecular formula is C22H30FN3O2.